The van der Waals surface area contributed by atoms with E-state index in [0.29, 0.717) is 24.8 Å². The molecule has 41 heavy (non-hydrogen) atoms. The van der Waals surface area contributed by atoms with Crippen molar-refractivity contribution in [1.29, 1.82) is 0 Å². The maximum Gasteiger partial charge on any atom is 0.306 e. The Balaban J connectivity index is 1.37. The Labute approximate surface area is 246 Å². The molecule has 5 aliphatic rings. The molecule has 0 bridgehead atoms. The Morgan fingerprint density at radius 3 is 2.41 bits per heavy atom. The van der Waals surface area contributed by atoms with E-state index < -0.39 is 12.1 Å². The number of carbonyl (C=O) groups excluding carboxylic acids is 2. The largest absolute Gasteiger partial charge is 0.481 e. The van der Waals surface area contributed by atoms with Crippen LogP contribution in [0.5, 0.6) is 0 Å². The van der Waals surface area contributed by atoms with Crippen LogP contribution in [0.25, 0.3) is 0 Å². The number of allylic oxidation sites excluding steroid dienone is 2. The number of carbonyl (C=O) groups is 3. The fraction of sp³-hybridized carbons (Fsp3) is 0.853. The van der Waals surface area contributed by atoms with Crippen molar-refractivity contribution in [1.82, 2.24) is 4.90 Å². The Kier molecular flexibility index (Phi) is 8.17. The van der Waals surface area contributed by atoms with Crippen molar-refractivity contribution in [3.8, 4) is 0 Å². The molecule has 0 spiro atoms. The molecule has 7 nitrogen and oxygen atoms in total. The molecule has 230 valence electrons. The molecule has 0 heterocycles. The molecule has 0 aromatic carbocycles. The lowest BCUT2D eigenvalue weighted by atomic mass is 9.37. The van der Waals surface area contributed by atoms with E-state index in [4.69, 9.17) is 4.74 Å². The van der Waals surface area contributed by atoms with Crippen LogP contribution < -0.4 is 0 Å². The van der Waals surface area contributed by atoms with Crippen molar-refractivity contribution in [2.24, 2.45) is 51.2 Å². The lowest BCUT2D eigenvalue weighted by Crippen LogP contribution is -2.64. The average Bonchev–Trinajstić information content (AvgIpc) is 2.87. The minimum atomic E-state index is -0.685. The van der Waals surface area contributed by atoms with Crippen LogP contribution in [0.3, 0.4) is 0 Å². The fourth-order valence-corrected chi connectivity index (χ4v) is 11.1. The molecule has 0 aromatic rings. The molecule has 7 heteroatoms. The number of aliphatic hydroxyl groups is 1. The number of ether oxygens (including phenoxy) is 1. The van der Waals surface area contributed by atoms with Crippen LogP contribution in [-0.2, 0) is 19.1 Å². The number of likely N-dealkylation sites (N-methyl/N-ethyl adjacent to an activating group) is 1. The van der Waals surface area contributed by atoms with Crippen LogP contribution in [0.2, 0.25) is 0 Å². The smallest absolute Gasteiger partial charge is 0.306 e. The second kappa shape index (κ2) is 10.9. The second-order valence-electron chi connectivity index (χ2n) is 15.9. The van der Waals surface area contributed by atoms with Gasteiger partial charge in [0.1, 0.15) is 6.29 Å². The molecule has 2 N–H and O–H groups in total. The zero-order valence-corrected chi connectivity index (χ0v) is 26.2. The van der Waals surface area contributed by atoms with Crippen molar-refractivity contribution >= 4 is 18.0 Å². The number of hydrogen-bond donors (Lipinski definition) is 2. The van der Waals surface area contributed by atoms with Gasteiger partial charge in [0, 0.05) is 12.5 Å². The molecule has 4 fully saturated rings. The molecule has 5 rings (SSSR count). The zero-order chi connectivity index (χ0) is 30.0. The number of aldehydes is 1. The van der Waals surface area contributed by atoms with Crippen LogP contribution in [0, 0.1) is 51.2 Å². The molecule has 0 saturated heterocycles. The third-order valence-electron chi connectivity index (χ3n) is 13.1. The van der Waals surface area contributed by atoms with Crippen LogP contribution >= 0.6 is 0 Å². The first-order valence-electron chi connectivity index (χ1n) is 16.1. The first kappa shape index (κ1) is 30.9. The van der Waals surface area contributed by atoms with Gasteiger partial charge in [-0.25, -0.2) is 0 Å². The molecule has 10 unspecified atom stereocenters. The third kappa shape index (κ3) is 5.06. The lowest BCUT2D eigenvalue weighted by molar-refractivity contribution is -0.200. The van der Waals surface area contributed by atoms with Gasteiger partial charge in [-0.3, -0.25) is 14.5 Å². The highest BCUT2D eigenvalue weighted by Crippen LogP contribution is 2.71. The van der Waals surface area contributed by atoms with Gasteiger partial charge < -0.3 is 19.7 Å². The van der Waals surface area contributed by atoms with Gasteiger partial charge in [0.2, 0.25) is 0 Å². The summed E-state index contributed by atoms with van der Waals surface area (Å²) < 4.78 is 6.40. The van der Waals surface area contributed by atoms with Gasteiger partial charge in [-0.2, -0.15) is 0 Å². The second-order valence-corrected chi connectivity index (χ2v) is 15.9. The number of carboxylic acids is 1. The summed E-state index contributed by atoms with van der Waals surface area (Å²) >= 11 is 0. The van der Waals surface area contributed by atoms with Gasteiger partial charge in [-0.15, -0.1) is 0 Å². The normalized spacial score (nSPS) is 44.1. The van der Waals surface area contributed by atoms with Gasteiger partial charge >= 0.3 is 5.97 Å². The van der Waals surface area contributed by atoms with Crippen molar-refractivity contribution in [2.75, 3.05) is 26.7 Å². The van der Waals surface area contributed by atoms with Crippen molar-refractivity contribution < 1.29 is 29.3 Å². The van der Waals surface area contributed by atoms with Crippen LogP contribution in [0.1, 0.15) is 92.4 Å². The molecular formula is C34H53NO6. The van der Waals surface area contributed by atoms with Gasteiger partial charge in [-0.05, 0) is 110 Å². The topological polar surface area (TPSA) is 104 Å². The number of aliphatic hydroxyl groups excluding tert-OH is 1. The van der Waals surface area contributed by atoms with Gasteiger partial charge in [-0.1, -0.05) is 40.2 Å². The monoisotopic (exact) mass is 571 g/mol. The summed E-state index contributed by atoms with van der Waals surface area (Å²) in [6.07, 6.45) is 10.6. The molecule has 0 aliphatic heterocycles. The van der Waals surface area contributed by atoms with E-state index in [2.05, 4.69) is 34.6 Å². The Morgan fingerprint density at radius 2 is 1.73 bits per heavy atom. The van der Waals surface area contributed by atoms with Crippen LogP contribution in [0.4, 0.5) is 0 Å². The van der Waals surface area contributed by atoms with Gasteiger partial charge in [0.25, 0.3) is 0 Å². The van der Waals surface area contributed by atoms with Gasteiger partial charge in [0.15, 0.2) is 5.78 Å². The minimum absolute atomic E-state index is 0.00586. The minimum Gasteiger partial charge on any atom is -0.481 e. The SMILES string of the molecule is CN(CC=O)CC(O)COC1CCC2(C)C(CCC3(C)C4CCC5(C)CCC(C(=O)O)CC5C4=CC(=O)C32)C1(C)C. The molecule has 0 aromatic heterocycles. The first-order valence-corrected chi connectivity index (χ1v) is 16.1. The Hall–Kier alpha value is -1.57. The van der Waals surface area contributed by atoms with E-state index >= 15 is 0 Å². The predicted molar refractivity (Wildman–Crippen MR) is 157 cm³/mol. The summed E-state index contributed by atoms with van der Waals surface area (Å²) in [5.74, 6) is 0.132. The number of nitrogens with zero attached hydrogens (tertiary/aromatic N) is 1. The van der Waals surface area contributed by atoms with Crippen molar-refractivity contribution in [3.05, 3.63) is 11.6 Å². The first-order chi connectivity index (χ1) is 19.2. The third-order valence-corrected chi connectivity index (χ3v) is 13.1. The number of hydrogen-bond acceptors (Lipinski definition) is 6. The maximum absolute atomic E-state index is 14.3. The fourth-order valence-electron chi connectivity index (χ4n) is 11.1. The van der Waals surface area contributed by atoms with E-state index in [0.717, 1.165) is 57.7 Å². The van der Waals surface area contributed by atoms with Crippen molar-refractivity contribution in [2.45, 2.75) is 105 Å². The molecule has 10 atom stereocenters. The van der Waals surface area contributed by atoms with Crippen LogP contribution in [-0.4, -0.2) is 72.1 Å². The summed E-state index contributed by atoms with van der Waals surface area (Å²) in [7, 11) is 1.82. The highest BCUT2D eigenvalue weighted by atomic mass is 16.5. The molecule has 5 aliphatic carbocycles. The van der Waals surface area contributed by atoms with E-state index in [1.54, 1.807) is 4.90 Å². The number of ketones is 1. The summed E-state index contributed by atoms with van der Waals surface area (Å²) in [5.41, 5.74) is 1.00. The van der Waals surface area contributed by atoms with E-state index in [9.17, 15) is 24.6 Å². The van der Waals surface area contributed by atoms with Crippen molar-refractivity contribution in [3.63, 3.8) is 0 Å². The summed E-state index contributed by atoms with van der Waals surface area (Å²) in [6.45, 7) is 12.6. The number of rotatable bonds is 8. The highest BCUT2D eigenvalue weighted by molar-refractivity contribution is 5.95. The van der Waals surface area contributed by atoms with Gasteiger partial charge in [0.05, 0.1) is 31.3 Å². The molecular weight excluding hydrogens is 518 g/mol. The summed E-state index contributed by atoms with van der Waals surface area (Å²) in [6, 6.07) is 0. The lowest BCUT2D eigenvalue weighted by Gasteiger charge is -2.67. The standard InChI is InChI=1S/C34H53NO6/c1-31(2)27-9-13-33(4)24-8-12-32(3)11-7-21(30(39)40)17-25(32)23(24)18-26(38)29(33)34(27,5)14-10-28(31)41-20-22(37)19-35(6)15-16-36/h16,18,21-22,24-25,27-29,37H,7-15,17,19-20H2,1-6H3,(H,39,40). The number of fused-ring (bicyclic) bond motifs is 7. The molecule has 0 radical (unpaired) electrons. The summed E-state index contributed by atoms with van der Waals surface area (Å²) in [5, 5.41) is 20.4. The quantitative estimate of drug-likeness (QED) is 0.389. The van der Waals surface area contributed by atoms with E-state index in [1.807, 2.05) is 13.1 Å². The average molecular weight is 572 g/mol. The van der Waals surface area contributed by atoms with Crippen LogP contribution in [0.15, 0.2) is 11.6 Å². The predicted octanol–water partition coefficient (Wildman–Crippen LogP) is 5.15. The van der Waals surface area contributed by atoms with E-state index in [-0.39, 0.29) is 64.5 Å². The summed E-state index contributed by atoms with van der Waals surface area (Å²) in [4.78, 5) is 38.9. The Bertz CT molecular complexity index is 1090. The zero-order valence-electron chi connectivity index (χ0n) is 26.2. The number of aliphatic carboxylic acids is 1. The molecule has 4 saturated carbocycles. The molecule has 0 amide bonds. The highest BCUT2D eigenvalue weighted by Gasteiger charge is 2.66. The number of carboxylic acid groups (broad SMARTS) is 1. The maximum atomic E-state index is 14.3. The Morgan fingerprint density at radius 1 is 1.05 bits per heavy atom. The van der Waals surface area contributed by atoms with E-state index in [1.165, 1.54) is 5.57 Å².